The van der Waals surface area contributed by atoms with Gasteiger partial charge in [0.15, 0.2) is 0 Å². The molecule has 2 atom stereocenters. The third-order valence-electron chi connectivity index (χ3n) is 8.92. The number of hydrogen-bond donors (Lipinski definition) is 2. The van der Waals surface area contributed by atoms with E-state index in [0.717, 1.165) is 20.1 Å². The first-order chi connectivity index (χ1) is 26.6. The summed E-state index contributed by atoms with van der Waals surface area (Å²) in [5.41, 5.74) is -0.207. The first kappa shape index (κ1) is 42.3. The van der Waals surface area contributed by atoms with E-state index >= 15 is 0 Å². The fraction of sp³-hybridized carbons (Fsp3) is 0.381. The van der Waals surface area contributed by atoms with E-state index in [1.165, 1.54) is 0 Å². The summed E-state index contributed by atoms with van der Waals surface area (Å²) >= 11 is 7.08. The number of rotatable bonds is 10. The van der Waals surface area contributed by atoms with Gasteiger partial charge in [0, 0.05) is 21.3 Å². The quantitative estimate of drug-likeness (QED) is 0.0894. The van der Waals surface area contributed by atoms with E-state index in [0.29, 0.717) is 22.8 Å². The Balaban J connectivity index is 0.000000214. The number of benzene rings is 2. The molecule has 0 saturated carbocycles. The molecule has 0 fully saturated rings. The summed E-state index contributed by atoms with van der Waals surface area (Å²) in [6, 6.07) is 20.5. The molecule has 2 aliphatic heterocycles. The first-order valence-electron chi connectivity index (χ1n) is 18.3. The lowest BCUT2D eigenvalue weighted by atomic mass is 9.76. The maximum absolute atomic E-state index is 13.4. The van der Waals surface area contributed by atoms with Crippen LogP contribution in [0.2, 0.25) is 0 Å². The number of aromatic nitrogens is 2. The van der Waals surface area contributed by atoms with Gasteiger partial charge in [-0.3, -0.25) is 29.1 Å². The predicted molar refractivity (Wildman–Crippen MR) is 218 cm³/mol. The highest BCUT2D eigenvalue weighted by molar-refractivity contribution is 9.10. The zero-order valence-electron chi connectivity index (χ0n) is 32.5. The van der Waals surface area contributed by atoms with Crippen molar-refractivity contribution in [2.24, 2.45) is 0 Å². The summed E-state index contributed by atoms with van der Waals surface area (Å²) in [5, 5.41) is 6.59. The molecule has 14 heteroatoms. The molecule has 0 radical (unpaired) electrons. The molecule has 0 spiro atoms. The Kier molecular flexibility index (Phi) is 13.3. The Morgan fingerprint density at radius 1 is 0.518 bits per heavy atom. The highest BCUT2D eigenvalue weighted by Gasteiger charge is 2.65. The van der Waals surface area contributed by atoms with Crippen molar-refractivity contribution in [3.63, 3.8) is 0 Å². The fourth-order valence-corrected chi connectivity index (χ4v) is 7.79. The minimum atomic E-state index is -1.75. The first-order valence-corrected chi connectivity index (χ1v) is 19.9. The van der Waals surface area contributed by atoms with E-state index in [2.05, 4.69) is 52.5 Å². The third-order valence-corrected chi connectivity index (χ3v) is 10.4. The monoisotopic (exact) mass is 892 g/mol. The summed E-state index contributed by atoms with van der Waals surface area (Å²) < 4.78 is 23.7. The van der Waals surface area contributed by atoms with Gasteiger partial charge in [0.2, 0.25) is 10.8 Å². The molecule has 0 bridgehead atoms. The highest BCUT2D eigenvalue weighted by Crippen LogP contribution is 2.52. The van der Waals surface area contributed by atoms with Crippen molar-refractivity contribution in [2.75, 3.05) is 10.6 Å². The normalized spacial score (nSPS) is 17.2. The molecule has 2 aromatic carbocycles. The number of pyridine rings is 2. The van der Waals surface area contributed by atoms with Crippen molar-refractivity contribution in [1.82, 2.24) is 9.97 Å². The highest BCUT2D eigenvalue weighted by atomic mass is 79.9. The van der Waals surface area contributed by atoms with Crippen LogP contribution in [-0.4, -0.2) is 58.3 Å². The van der Waals surface area contributed by atoms with Gasteiger partial charge >= 0.3 is 23.9 Å². The van der Waals surface area contributed by atoms with Crippen molar-refractivity contribution in [2.45, 2.75) is 103 Å². The molecule has 0 unspecified atom stereocenters. The number of carbonyl (C=O) groups excluding carboxylic acids is 4. The van der Waals surface area contributed by atoms with E-state index < -0.39 is 71.2 Å². The molecule has 4 aromatic rings. The van der Waals surface area contributed by atoms with Crippen LogP contribution in [0.3, 0.4) is 0 Å². The van der Waals surface area contributed by atoms with E-state index in [1.54, 1.807) is 92.0 Å². The maximum Gasteiger partial charge on any atom is 0.332 e. The molecule has 0 amide bonds. The lowest BCUT2D eigenvalue weighted by molar-refractivity contribution is -0.172. The molecule has 2 aliphatic rings. The SMILES string of the molecule is CC(C)OC(=O)C1(C(=O)OC(C)C)c2ncccc2N[C@@H]1c1ccccc1Br.CC(C)OC(=O)C1(C(=O)OC(C)C)c2ncccc2N[C@@H]1c1ccccc1Br. The molecular formula is C42H46Br2N4O8. The molecule has 0 saturated heterocycles. The average molecular weight is 895 g/mol. The van der Waals surface area contributed by atoms with Crippen LogP contribution in [-0.2, 0) is 49.0 Å². The maximum atomic E-state index is 13.4. The Labute approximate surface area is 343 Å². The number of esters is 4. The van der Waals surface area contributed by atoms with Gasteiger partial charge in [-0.15, -0.1) is 0 Å². The van der Waals surface area contributed by atoms with Gasteiger partial charge in [0.05, 0.1) is 59.3 Å². The van der Waals surface area contributed by atoms with Crippen LogP contribution in [0.4, 0.5) is 11.4 Å². The van der Waals surface area contributed by atoms with Gasteiger partial charge < -0.3 is 29.6 Å². The van der Waals surface area contributed by atoms with Crippen molar-refractivity contribution >= 4 is 67.1 Å². The molecule has 12 nitrogen and oxygen atoms in total. The van der Waals surface area contributed by atoms with Crippen LogP contribution in [0.5, 0.6) is 0 Å². The standard InChI is InChI=1S/2C21H23BrN2O4/c2*1-12(2)27-19(25)21(20(26)28-13(3)4)17(14-8-5-6-9-15(14)22)24-16-10-7-11-23-18(16)21/h2*5-13,17,24H,1-4H3/t2*17-/m11/s1. The second-order valence-corrected chi connectivity index (χ2v) is 16.1. The van der Waals surface area contributed by atoms with Crippen LogP contribution >= 0.6 is 31.9 Å². The molecule has 296 valence electrons. The molecule has 4 heterocycles. The Morgan fingerprint density at radius 3 is 1.11 bits per heavy atom. The van der Waals surface area contributed by atoms with Gasteiger partial charge in [0.1, 0.15) is 0 Å². The molecular weight excluding hydrogens is 848 g/mol. The number of nitrogens with one attached hydrogen (secondary N) is 2. The van der Waals surface area contributed by atoms with Crippen LogP contribution in [0, 0.1) is 0 Å². The number of carbonyl (C=O) groups is 4. The predicted octanol–water partition coefficient (Wildman–Crippen LogP) is 8.30. The van der Waals surface area contributed by atoms with Crippen LogP contribution in [0.25, 0.3) is 0 Å². The topological polar surface area (TPSA) is 155 Å². The number of hydrogen-bond acceptors (Lipinski definition) is 12. The molecule has 6 rings (SSSR count). The number of fused-ring (bicyclic) bond motifs is 2. The second-order valence-electron chi connectivity index (χ2n) is 14.4. The summed E-state index contributed by atoms with van der Waals surface area (Å²) in [7, 11) is 0. The Bertz CT molecular complexity index is 1900. The lowest BCUT2D eigenvalue weighted by Crippen LogP contribution is -2.51. The van der Waals surface area contributed by atoms with E-state index in [4.69, 9.17) is 18.9 Å². The molecule has 0 aliphatic carbocycles. The second kappa shape index (κ2) is 17.5. The average Bonchev–Trinajstić information content (AvgIpc) is 3.66. The van der Waals surface area contributed by atoms with E-state index in [9.17, 15) is 19.2 Å². The summed E-state index contributed by atoms with van der Waals surface area (Å²) in [5.74, 6) is -2.73. The Morgan fingerprint density at radius 2 is 0.821 bits per heavy atom. The largest absolute Gasteiger partial charge is 0.462 e. The van der Waals surface area contributed by atoms with Gasteiger partial charge in [-0.05, 0) is 103 Å². The van der Waals surface area contributed by atoms with Crippen LogP contribution < -0.4 is 10.6 Å². The van der Waals surface area contributed by atoms with Gasteiger partial charge in [-0.25, -0.2) is 0 Å². The number of ether oxygens (including phenoxy) is 4. The molecule has 2 N–H and O–H groups in total. The molecule has 2 aromatic heterocycles. The van der Waals surface area contributed by atoms with Crippen molar-refractivity contribution in [1.29, 1.82) is 0 Å². The number of halogens is 2. The minimum absolute atomic E-state index is 0.312. The van der Waals surface area contributed by atoms with Crippen LogP contribution in [0.1, 0.15) is 90.0 Å². The summed E-state index contributed by atoms with van der Waals surface area (Å²) in [4.78, 5) is 62.6. The van der Waals surface area contributed by atoms with E-state index in [-0.39, 0.29) is 0 Å². The zero-order valence-corrected chi connectivity index (χ0v) is 35.6. The third kappa shape index (κ3) is 8.04. The Hall–Kier alpha value is -4.82. The van der Waals surface area contributed by atoms with Gasteiger partial charge in [0.25, 0.3) is 0 Å². The van der Waals surface area contributed by atoms with Gasteiger partial charge in [-0.2, -0.15) is 0 Å². The van der Waals surface area contributed by atoms with Crippen LogP contribution in [0.15, 0.2) is 94.1 Å². The zero-order chi connectivity index (χ0) is 40.9. The van der Waals surface area contributed by atoms with E-state index in [1.807, 2.05) is 48.5 Å². The fourth-order valence-electron chi connectivity index (χ4n) is 6.77. The summed E-state index contributed by atoms with van der Waals surface area (Å²) in [6.07, 6.45) is 1.52. The summed E-state index contributed by atoms with van der Waals surface area (Å²) in [6.45, 7) is 14.0. The van der Waals surface area contributed by atoms with Crippen molar-refractivity contribution < 1.29 is 38.1 Å². The lowest BCUT2D eigenvalue weighted by Gasteiger charge is -2.32. The smallest absolute Gasteiger partial charge is 0.332 e. The van der Waals surface area contributed by atoms with Gasteiger partial charge in [-0.1, -0.05) is 68.3 Å². The molecule has 56 heavy (non-hydrogen) atoms. The number of nitrogens with zero attached hydrogens (tertiary/aromatic N) is 2. The number of anilines is 2. The minimum Gasteiger partial charge on any atom is -0.462 e. The van der Waals surface area contributed by atoms with Crippen molar-refractivity contribution in [3.8, 4) is 0 Å². The van der Waals surface area contributed by atoms with Crippen molar-refractivity contribution in [3.05, 3.63) is 117 Å².